The zero-order chi connectivity index (χ0) is 26.1. The fourth-order valence-electron chi connectivity index (χ4n) is 8.04. The second-order valence-corrected chi connectivity index (χ2v) is 12.6. The Hall–Kier alpha value is -1.71. The SMILES string of the molecule is CC12CCC(=O)C=C1CCC1C2C(O)CC2(C)C1CC[C@]2(O)C(=O)CSc1ccc(C(F)(F)F)cn1. The van der Waals surface area contributed by atoms with Gasteiger partial charge in [0.1, 0.15) is 5.60 Å². The van der Waals surface area contributed by atoms with Crippen LogP contribution in [0.1, 0.15) is 64.4 Å². The van der Waals surface area contributed by atoms with Crippen LogP contribution in [0.15, 0.2) is 35.0 Å². The Balaban J connectivity index is 1.34. The lowest BCUT2D eigenvalue weighted by atomic mass is 9.45. The molecule has 1 aromatic rings. The molecule has 4 aliphatic rings. The minimum Gasteiger partial charge on any atom is -0.393 e. The van der Waals surface area contributed by atoms with Gasteiger partial charge in [-0.3, -0.25) is 9.59 Å². The number of fused-ring (bicyclic) bond motifs is 5. The van der Waals surface area contributed by atoms with Gasteiger partial charge in [-0.05, 0) is 79.9 Å². The van der Waals surface area contributed by atoms with E-state index in [0.29, 0.717) is 25.7 Å². The van der Waals surface area contributed by atoms with E-state index in [9.17, 15) is 33.0 Å². The molecule has 0 aromatic carbocycles. The molecule has 0 saturated heterocycles. The molecule has 3 fully saturated rings. The number of rotatable bonds is 4. The first-order valence-corrected chi connectivity index (χ1v) is 13.6. The van der Waals surface area contributed by atoms with Crippen molar-refractivity contribution in [2.45, 2.75) is 81.7 Å². The summed E-state index contributed by atoms with van der Waals surface area (Å²) in [6, 6.07) is 2.17. The number of hydrogen-bond donors (Lipinski definition) is 2. The highest BCUT2D eigenvalue weighted by molar-refractivity contribution is 7.99. The zero-order valence-corrected chi connectivity index (χ0v) is 21.3. The monoisotopic (exact) mass is 523 g/mol. The van der Waals surface area contributed by atoms with Crippen molar-refractivity contribution in [2.24, 2.45) is 28.6 Å². The molecule has 36 heavy (non-hydrogen) atoms. The lowest BCUT2D eigenvalue weighted by Gasteiger charge is -2.60. The second kappa shape index (κ2) is 8.67. The number of carbonyl (C=O) groups excluding carboxylic acids is 2. The minimum atomic E-state index is -4.48. The normalized spacial score (nSPS) is 40.2. The first-order chi connectivity index (χ1) is 16.8. The average molecular weight is 524 g/mol. The van der Waals surface area contributed by atoms with Gasteiger partial charge in [-0.25, -0.2) is 4.98 Å². The van der Waals surface area contributed by atoms with Crippen LogP contribution in [-0.4, -0.2) is 44.2 Å². The van der Waals surface area contributed by atoms with Gasteiger partial charge >= 0.3 is 6.18 Å². The minimum absolute atomic E-state index is 0.00755. The van der Waals surface area contributed by atoms with Gasteiger partial charge in [-0.15, -0.1) is 0 Å². The van der Waals surface area contributed by atoms with E-state index in [1.54, 1.807) is 6.08 Å². The molecule has 0 spiro atoms. The van der Waals surface area contributed by atoms with Crippen LogP contribution in [0.3, 0.4) is 0 Å². The molecule has 4 aliphatic carbocycles. The third-order valence-electron chi connectivity index (χ3n) is 9.92. The van der Waals surface area contributed by atoms with Gasteiger partial charge in [0, 0.05) is 18.0 Å². The molecular formula is C27H32F3NO4S. The van der Waals surface area contributed by atoms with E-state index in [-0.39, 0.29) is 45.5 Å². The van der Waals surface area contributed by atoms with Crippen molar-refractivity contribution < 1.29 is 33.0 Å². The highest BCUT2D eigenvalue weighted by atomic mass is 32.2. The van der Waals surface area contributed by atoms with E-state index < -0.39 is 28.9 Å². The van der Waals surface area contributed by atoms with Crippen molar-refractivity contribution in [3.05, 3.63) is 35.5 Å². The smallest absolute Gasteiger partial charge is 0.393 e. The Kier molecular flexibility index (Phi) is 6.24. The van der Waals surface area contributed by atoms with Crippen molar-refractivity contribution in [1.29, 1.82) is 0 Å². The van der Waals surface area contributed by atoms with Crippen LogP contribution in [0.5, 0.6) is 0 Å². The highest BCUT2D eigenvalue weighted by Crippen LogP contribution is 2.67. The summed E-state index contributed by atoms with van der Waals surface area (Å²) in [6.45, 7) is 4.08. The number of ketones is 2. The summed E-state index contributed by atoms with van der Waals surface area (Å²) >= 11 is 1.02. The molecule has 3 saturated carbocycles. The van der Waals surface area contributed by atoms with Crippen LogP contribution in [0, 0.1) is 28.6 Å². The molecule has 0 aliphatic heterocycles. The van der Waals surface area contributed by atoms with Crippen molar-refractivity contribution in [2.75, 3.05) is 5.75 Å². The topological polar surface area (TPSA) is 87.5 Å². The summed E-state index contributed by atoms with van der Waals surface area (Å²) in [7, 11) is 0. The summed E-state index contributed by atoms with van der Waals surface area (Å²) in [4.78, 5) is 29.3. The van der Waals surface area contributed by atoms with Crippen molar-refractivity contribution in [1.82, 2.24) is 4.98 Å². The van der Waals surface area contributed by atoms with Crippen LogP contribution in [0.4, 0.5) is 13.2 Å². The maximum atomic E-state index is 13.4. The zero-order valence-electron chi connectivity index (χ0n) is 20.5. The molecule has 0 radical (unpaired) electrons. The van der Waals surface area contributed by atoms with Gasteiger partial charge < -0.3 is 10.2 Å². The van der Waals surface area contributed by atoms with E-state index >= 15 is 0 Å². The van der Waals surface area contributed by atoms with Crippen LogP contribution in [0.25, 0.3) is 0 Å². The molecular weight excluding hydrogens is 491 g/mol. The molecule has 9 heteroatoms. The van der Waals surface area contributed by atoms with E-state index in [0.717, 1.165) is 48.9 Å². The number of aliphatic hydroxyl groups is 2. The molecule has 196 valence electrons. The fourth-order valence-corrected chi connectivity index (χ4v) is 8.85. The number of Topliss-reactive ketones (excluding diaryl/α,β-unsaturated/α-hetero) is 1. The lowest BCUT2D eigenvalue weighted by molar-refractivity contribution is -0.178. The summed E-state index contributed by atoms with van der Waals surface area (Å²) in [5.74, 6) is -0.0987. The number of thioether (sulfide) groups is 1. The van der Waals surface area contributed by atoms with Gasteiger partial charge in [0.15, 0.2) is 11.6 Å². The Bertz CT molecular complexity index is 1110. The van der Waals surface area contributed by atoms with E-state index in [1.165, 1.54) is 6.07 Å². The van der Waals surface area contributed by atoms with E-state index in [2.05, 4.69) is 11.9 Å². The fraction of sp³-hybridized carbons (Fsp3) is 0.667. The number of nitrogens with zero attached hydrogens (tertiary/aromatic N) is 1. The number of allylic oxidation sites excluding steroid dienone is 1. The van der Waals surface area contributed by atoms with Gasteiger partial charge in [0.05, 0.1) is 22.4 Å². The summed E-state index contributed by atoms with van der Waals surface area (Å²) in [5, 5.41) is 23.5. The molecule has 1 heterocycles. The van der Waals surface area contributed by atoms with Crippen LogP contribution in [-0.2, 0) is 15.8 Å². The number of alkyl halides is 3. The predicted molar refractivity (Wildman–Crippen MR) is 128 cm³/mol. The maximum Gasteiger partial charge on any atom is 0.417 e. The van der Waals surface area contributed by atoms with Gasteiger partial charge in [0.2, 0.25) is 0 Å². The Labute approximate surface area is 212 Å². The van der Waals surface area contributed by atoms with Gasteiger partial charge in [-0.2, -0.15) is 13.2 Å². The van der Waals surface area contributed by atoms with Crippen molar-refractivity contribution in [3.8, 4) is 0 Å². The Morgan fingerprint density at radius 3 is 2.61 bits per heavy atom. The summed E-state index contributed by atoms with van der Waals surface area (Å²) in [5.41, 5.74) is -2.36. The number of carbonyl (C=O) groups is 2. The summed E-state index contributed by atoms with van der Waals surface area (Å²) in [6.07, 6.45) is 1.48. The van der Waals surface area contributed by atoms with Gasteiger partial charge in [0.25, 0.3) is 0 Å². The number of aliphatic hydroxyl groups excluding tert-OH is 1. The van der Waals surface area contributed by atoms with E-state index in [1.807, 2.05) is 6.92 Å². The Morgan fingerprint density at radius 2 is 1.94 bits per heavy atom. The molecule has 7 atom stereocenters. The first kappa shape index (κ1) is 25.9. The summed E-state index contributed by atoms with van der Waals surface area (Å²) < 4.78 is 38.4. The molecule has 6 unspecified atom stereocenters. The molecule has 2 N–H and O–H groups in total. The second-order valence-electron chi connectivity index (χ2n) is 11.6. The Morgan fingerprint density at radius 1 is 1.19 bits per heavy atom. The third-order valence-corrected chi connectivity index (χ3v) is 10.9. The molecule has 5 rings (SSSR count). The lowest BCUT2D eigenvalue weighted by Crippen LogP contribution is -2.61. The van der Waals surface area contributed by atoms with Crippen LogP contribution < -0.4 is 0 Å². The van der Waals surface area contributed by atoms with E-state index in [4.69, 9.17) is 0 Å². The third kappa shape index (κ3) is 3.88. The maximum absolute atomic E-state index is 13.4. The van der Waals surface area contributed by atoms with Crippen LogP contribution in [0.2, 0.25) is 0 Å². The van der Waals surface area contributed by atoms with Crippen molar-refractivity contribution in [3.63, 3.8) is 0 Å². The number of pyridine rings is 1. The quantitative estimate of drug-likeness (QED) is 0.541. The number of aromatic nitrogens is 1. The standard InChI is InChI=1S/C27H32F3NO4S/c1-24-9-7-17(32)11-15(24)3-5-18-19-8-10-26(35,25(19,2)12-20(33)23(18)24)21(34)14-36-22-6-4-16(13-31-22)27(28,29)30/h4,6,11,13,18-20,23,33,35H,3,5,7-10,12,14H2,1-2H3/t18?,19?,20?,23?,24?,25?,26-/m0/s1. The number of halogens is 3. The molecule has 5 nitrogen and oxygen atoms in total. The largest absolute Gasteiger partial charge is 0.417 e. The highest BCUT2D eigenvalue weighted by Gasteiger charge is 2.68. The van der Waals surface area contributed by atoms with Crippen LogP contribution >= 0.6 is 11.8 Å². The van der Waals surface area contributed by atoms with Crippen molar-refractivity contribution >= 4 is 23.3 Å². The average Bonchev–Trinajstić information content (AvgIpc) is 3.08. The molecule has 0 amide bonds. The first-order valence-electron chi connectivity index (χ1n) is 12.6. The van der Waals surface area contributed by atoms with Gasteiger partial charge in [-0.1, -0.05) is 31.2 Å². The number of hydrogen-bond acceptors (Lipinski definition) is 6. The predicted octanol–water partition coefficient (Wildman–Crippen LogP) is 5.00. The molecule has 0 bridgehead atoms. The molecule has 1 aromatic heterocycles.